The number of hydrogen-bond acceptors (Lipinski definition) is 1. The highest BCUT2D eigenvalue weighted by Gasteiger charge is 2.30. The van der Waals surface area contributed by atoms with Gasteiger partial charge < -0.3 is 10.6 Å². The minimum absolute atomic E-state index is 0.0826. The van der Waals surface area contributed by atoms with Gasteiger partial charge in [-0.05, 0) is 32.0 Å². The second-order valence-corrected chi connectivity index (χ2v) is 3.83. The largest absolute Gasteiger partial charge is 0.416 e. The Hall–Kier alpha value is -1.72. The highest BCUT2D eigenvalue weighted by atomic mass is 19.4. The number of anilines is 1. The Balaban J connectivity index is 2.76. The molecule has 0 radical (unpaired) electrons. The van der Waals surface area contributed by atoms with Crippen molar-refractivity contribution in [1.29, 1.82) is 0 Å². The van der Waals surface area contributed by atoms with Crippen LogP contribution in [0.2, 0.25) is 0 Å². The van der Waals surface area contributed by atoms with Gasteiger partial charge in [-0.2, -0.15) is 13.2 Å². The van der Waals surface area contributed by atoms with Gasteiger partial charge in [0.25, 0.3) is 0 Å². The van der Waals surface area contributed by atoms with Gasteiger partial charge in [-0.15, -0.1) is 0 Å². The molecule has 1 aromatic carbocycles. The topological polar surface area (TPSA) is 41.1 Å². The van der Waals surface area contributed by atoms with E-state index in [0.29, 0.717) is 0 Å². The third-order valence-corrected chi connectivity index (χ3v) is 1.87. The maximum absolute atomic E-state index is 12.4. The van der Waals surface area contributed by atoms with E-state index < -0.39 is 17.8 Å². The van der Waals surface area contributed by atoms with Crippen molar-refractivity contribution in [2.75, 3.05) is 5.32 Å². The molecule has 6 heteroatoms. The van der Waals surface area contributed by atoms with E-state index in [-0.39, 0.29) is 11.7 Å². The van der Waals surface area contributed by atoms with E-state index in [1.807, 2.05) is 0 Å². The number of rotatable bonds is 2. The summed E-state index contributed by atoms with van der Waals surface area (Å²) in [5, 5.41) is 4.85. The van der Waals surface area contributed by atoms with Gasteiger partial charge in [-0.25, -0.2) is 4.79 Å². The fourth-order valence-corrected chi connectivity index (χ4v) is 1.20. The van der Waals surface area contributed by atoms with Crippen molar-refractivity contribution < 1.29 is 18.0 Å². The van der Waals surface area contributed by atoms with Crippen molar-refractivity contribution in [2.45, 2.75) is 26.1 Å². The lowest BCUT2D eigenvalue weighted by atomic mass is 10.2. The minimum atomic E-state index is -4.41. The first-order valence-corrected chi connectivity index (χ1v) is 5.04. The summed E-state index contributed by atoms with van der Waals surface area (Å²) in [6.07, 6.45) is -4.41. The third-order valence-electron chi connectivity index (χ3n) is 1.87. The Bertz CT molecular complexity index is 402. The number of benzene rings is 1. The standard InChI is InChI=1S/C11H13F3N2O/c1-7(2)15-10(17)16-9-5-3-4-8(6-9)11(12,13)14/h3-7H,1-2H3,(H2,15,16,17). The van der Waals surface area contributed by atoms with Crippen molar-refractivity contribution in [3.05, 3.63) is 29.8 Å². The van der Waals surface area contributed by atoms with Crippen molar-refractivity contribution in [2.24, 2.45) is 0 Å². The summed E-state index contributed by atoms with van der Waals surface area (Å²) in [6.45, 7) is 3.51. The molecule has 0 aliphatic heterocycles. The Morgan fingerprint density at radius 3 is 2.47 bits per heavy atom. The maximum atomic E-state index is 12.4. The molecule has 0 unspecified atom stereocenters. The van der Waals surface area contributed by atoms with E-state index in [9.17, 15) is 18.0 Å². The quantitative estimate of drug-likeness (QED) is 0.826. The molecule has 0 aromatic heterocycles. The monoisotopic (exact) mass is 246 g/mol. The van der Waals surface area contributed by atoms with E-state index in [1.54, 1.807) is 13.8 Å². The number of nitrogens with one attached hydrogen (secondary N) is 2. The van der Waals surface area contributed by atoms with E-state index >= 15 is 0 Å². The van der Waals surface area contributed by atoms with Crippen molar-refractivity contribution in [3.63, 3.8) is 0 Å². The van der Waals surface area contributed by atoms with Crippen molar-refractivity contribution in [3.8, 4) is 0 Å². The first-order chi connectivity index (χ1) is 7.79. The van der Waals surface area contributed by atoms with Gasteiger partial charge in [0.1, 0.15) is 0 Å². The molecule has 0 saturated heterocycles. The van der Waals surface area contributed by atoms with E-state index in [0.717, 1.165) is 12.1 Å². The van der Waals surface area contributed by atoms with Crippen LogP contribution in [0.25, 0.3) is 0 Å². The molecule has 0 bridgehead atoms. The summed E-state index contributed by atoms with van der Waals surface area (Å²) >= 11 is 0. The van der Waals surface area contributed by atoms with Crippen LogP contribution in [0.3, 0.4) is 0 Å². The van der Waals surface area contributed by atoms with Gasteiger partial charge >= 0.3 is 12.2 Å². The Kier molecular flexibility index (Phi) is 3.98. The third kappa shape index (κ3) is 4.34. The molecule has 17 heavy (non-hydrogen) atoms. The molecule has 2 N–H and O–H groups in total. The molecular weight excluding hydrogens is 233 g/mol. The van der Waals surface area contributed by atoms with E-state index in [2.05, 4.69) is 10.6 Å². The summed E-state index contributed by atoms with van der Waals surface area (Å²) in [5.74, 6) is 0. The van der Waals surface area contributed by atoms with Crippen molar-refractivity contribution in [1.82, 2.24) is 5.32 Å². The lowest BCUT2D eigenvalue weighted by molar-refractivity contribution is -0.137. The first kappa shape index (κ1) is 13.3. The summed E-state index contributed by atoms with van der Waals surface area (Å²) in [6, 6.07) is 3.87. The van der Waals surface area contributed by atoms with Crippen LogP contribution in [0.5, 0.6) is 0 Å². The zero-order valence-electron chi connectivity index (χ0n) is 9.43. The zero-order chi connectivity index (χ0) is 13.1. The van der Waals surface area contributed by atoms with Crippen LogP contribution in [0, 0.1) is 0 Å². The summed E-state index contributed by atoms with van der Waals surface area (Å²) in [5.41, 5.74) is -0.683. The Morgan fingerprint density at radius 1 is 1.29 bits per heavy atom. The summed E-state index contributed by atoms with van der Waals surface area (Å²) in [7, 11) is 0. The van der Waals surface area contributed by atoms with E-state index in [1.165, 1.54) is 12.1 Å². The van der Waals surface area contributed by atoms with Crippen LogP contribution < -0.4 is 10.6 Å². The average Bonchev–Trinajstić information content (AvgIpc) is 2.15. The summed E-state index contributed by atoms with van der Waals surface area (Å²) < 4.78 is 37.2. The van der Waals surface area contributed by atoms with Crippen LogP contribution in [0.15, 0.2) is 24.3 Å². The summed E-state index contributed by atoms with van der Waals surface area (Å²) in [4.78, 5) is 11.3. The molecule has 0 aliphatic rings. The van der Waals surface area contributed by atoms with Gasteiger partial charge in [-0.3, -0.25) is 0 Å². The number of halogens is 3. The highest BCUT2D eigenvalue weighted by Crippen LogP contribution is 2.30. The van der Waals surface area contributed by atoms with Crippen molar-refractivity contribution >= 4 is 11.7 Å². The Labute approximate surface area is 97.0 Å². The number of carbonyl (C=O) groups excluding carboxylic acids is 1. The molecule has 0 aliphatic carbocycles. The molecule has 0 heterocycles. The molecule has 0 spiro atoms. The predicted octanol–water partition coefficient (Wildman–Crippen LogP) is 3.24. The number of carbonyl (C=O) groups is 1. The van der Waals surface area contributed by atoms with Gasteiger partial charge in [0.2, 0.25) is 0 Å². The van der Waals surface area contributed by atoms with Crippen LogP contribution in [-0.4, -0.2) is 12.1 Å². The molecule has 0 fully saturated rings. The molecular formula is C11H13F3N2O. The zero-order valence-corrected chi connectivity index (χ0v) is 9.43. The number of hydrogen-bond donors (Lipinski definition) is 2. The van der Waals surface area contributed by atoms with Gasteiger partial charge in [0.15, 0.2) is 0 Å². The SMILES string of the molecule is CC(C)NC(=O)Nc1cccc(C(F)(F)F)c1. The Morgan fingerprint density at radius 2 is 1.94 bits per heavy atom. The number of urea groups is 1. The number of alkyl halides is 3. The minimum Gasteiger partial charge on any atom is -0.336 e. The number of amides is 2. The van der Waals surface area contributed by atoms with Crippen LogP contribution in [-0.2, 0) is 6.18 Å². The second kappa shape index (κ2) is 5.07. The predicted molar refractivity (Wildman–Crippen MR) is 58.7 cm³/mol. The molecule has 0 saturated carbocycles. The highest BCUT2D eigenvalue weighted by molar-refractivity contribution is 5.89. The molecule has 2 amide bonds. The normalized spacial score (nSPS) is 11.4. The second-order valence-electron chi connectivity index (χ2n) is 3.83. The molecule has 3 nitrogen and oxygen atoms in total. The van der Waals surface area contributed by atoms with Crippen LogP contribution >= 0.6 is 0 Å². The smallest absolute Gasteiger partial charge is 0.336 e. The van der Waals surface area contributed by atoms with Gasteiger partial charge in [0.05, 0.1) is 5.56 Å². The van der Waals surface area contributed by atoms with Crippen LogP contribution in [0.1, 0.15) is 19.4 Å². The lowest BCUT2D eigenvalue weighted by Gasteiger charge is -2.12. The van der Waals surface area contributed by atoms with E-state index in [4.69, 9.17) is 0 Å². The van der Waals surface area contributed by atoms with Crippen LogP contribution in [0.4, 0.5) is 23.7 Å². The lowest BCUT2D eigenvalue weighted by Crippen LogP contribution is -2.34. The first-order valence-electron chi connectivity index (χ1n) is 5.04. The fraction of sp³-hybridized carbons (Fsp3) is 0.364. The molecule has 94 valence electrons. The maximum Gasteiger partial charge on any atom is 0.416 e. The molecule has 1 rings (SSSR count). The van der Waals surface area contributed by atoms with Gasteiger partial charge in [-0.1, -0.05) is 6.07 Å². The molecule has 1 aromatic rings. The molecule has 0 atom stereocenters. The van der Waals surface area contributed by atoms with Gasteiger partial charge in [0, 0.05) is 11.7 Å². The average molecular weight is 246 g/mol. The fourth-order valence-electron chi connectivity index (χ4n) is 1.20.